The Labute approximate surface area is 158 Å². The highest BCUT2D eigenvalue weighted by atomic mass is 16.5. The topological polar surface area (TPSA) is 76.2 Å². The number of H-pyrrole nitrogens is 1. The minimum absolute atomic E-state index is 0.0897. The Balaban J connectivity index is 1.67. The fourth-order valence-corrected chi connectivity index (χ4v) is 2.87. The number of benzene rings is 2. The third kappa shape index (κ3) is 4.58. The number of hydrogen-bond acceptors (Lipinski definition) is 4. The Morgan fingerprint density at radius 3 is 2.41 bits per heavy atom. The van der Waals surface area contributed by atoms with Crippen LogP contribution in [0.2, 0.25) is 0 Å². The van der Waals surface area contributed by atoms with Crippen molar-refractivity contribution >= 4 is 16.9 Å². The summed E-state index contributed by atoms with van der Waals surface area (Å²) in [6.45, 7) is 6.44. The van der Waals surface area contributed by atoms with E-state index in [4.69, 9.17) is 9.47 Å². The minimum atomic E-state index is -0.226. The van der Waals surface area contributed by atoms with E-state index >= 15 is 0 Å². The van der Waals surface area contributed by atoms with Crippen molar-refractivity contribution in [2.24, 2.45) is 5.92 Å². The van der Waals surface area contributed by atoms with Crippen LogP contribution in [0.4, 0.5) is 0 Å². The summed E-state index contributed by atoms with van der Waals surface area (Å²) in [5.74, 6) is 1.89. The molecular weight excluding hydrogens is 342 g/mol. The number of imidazole rings is 1. The molecule has 0 fully saturated rings. The van der Waals surface area contributed by atoms with Gasteiger partial charge >= 0.3 is 0 Å². The van der Waals surface area contributed by atoms with Gasteiger partial charge in [-0.3, -0.25) is 4.79 Å². The van der Waals surface area contributed by atoms with E-state index in [2.05, 4.69) is 15.3 Å². The molecule has 142 valence electrons. The first-order chi connectivity index (χ1) is 13.1. The number of hydrogen-bond donors (Lipinski definition) is 2. The van der Waals surface area contributed by atoms with Gasteiger partial charge < -0.3 is 19.8 Å². The number of ether oxygens (including phenoxy) is 2. The molecule has 0 saturated carbocycles. The maximum absolute atomic E-state index is 12.5. The quantitative estimate of drug-likeness (QED) is 0.634. The predicted octanol–water partition coefficient (Wildman–Crippen LogP) is 3.85. The molecular formula is C21H25N3O3. The lowest BCUT2D eigenvalue weighted by Crippen LogP contribution is -2.35. The Morgan fingerprint density at radius 1 is 1.07 bits per heavy atom. The van der Waals surface area contributed by atoms with Gasteiger partial charge in [0.2, 0.25) is 0 Å². The maximum Gasteiger partial charge on any atom is 0.258 e. The molecule has 6 heteroatoms. The van der Waals surface area contributed by atoms with Crippen LogP contribution >= 0.6 is 0 Å². The van der Waals surface area contributed by atoms with Gasteiger partial charge in [-0.25, -0.2) is 4.98 Å². The minimum Gasteiger partial charge on any atom is -0.490 e. The maximum atomic E-state index is 12.5. The first-order valence-electron chi connectivity index (χ1n) is 9.17. The van der Waals surface area contributed by atoms with E-state index in [-0.39, 0.29) is 24.5 Å². The van der Waals surface area contributed by atoms with E-state index in [0.717, 1.165) is 16.9 Å². The van der Waals surface area contributed by atoms with Gasteiger partial charge in [0.15, 0.2) is 18.1 Å². The third-order valence-electron chi connectivity index (χ3n) is 4.19. The summed E-state index contributed by atoms with van der Waals surface area (Å²) in [5, 5.41) is 3.02. The lowest BCUT2D eigenvalue weighted by Gasteiger charge is -2.20. The molecule has 0 saturated heterocycles. The van der Waals surface area contributed by atoms with Crippen LogP contribution in [-0.4, -0.2) is 29.1 Å². The number of fused-ring (bicyclic) bond motifs is 1. The Morgan fingerprint density at radius 2 is 1.74 bits per heavy atom. The number of nitrogens with zero attached hydrogens (tertiary/aromatic N) is 1. The second kappa shape index (κ2) is 8.58. The van der Waals surface area contributed by atoms with Crippen LogP contribution in [0.3, 0.4) is 0 Å². The number of amides is 1. The van der Waals surface area contributed by atoms with E-state index in [9.17, 15) is 4.79 Å². The fraction of sp³-hybridized carbons (Fsp3) is 0.333. The molecule has 1 heterocycles. The average molecular weight is 367 g/mol. The monoisotopic (exact) mass is 367 g/mol. The van der Waals surface area contributed by atoms with Crippen LogP contribution in [0.1, 0.15) is 32.6 Å². The summed E-state index contributed by atoms with van der Waals surface area (Å²) >= 11 is 0. The van der Waals surface area contributed by atoms with Crippen LogP contribution in [0.25, 0.3) is 11.0 Å². The molecule has 0 spiro atoms. The molecule has 3 rings (SSSR count). The number of rotatable bonds is 8. The molecule has 0 radical (unpaired) electrons. The largest absolute Gasteiger partial charge is 0.490 e. The van der Waals surface area contributed by atoms with Gasteiger partial charge in [-0.05, 0) is 37.1 Å². The molecule has 1 aromatic heterocycles. The average Bonchev–Trinajstić information content (AvgIpc) is 3.09. The summed E-state index contributed by atoms with van der Waals surface area (Å²) < 4.78 is 11.2. The van der Waals surface area contributed by atoms with Gasteiger partial charge in [0, 0.05) is 0 Å². The number of aromatic nitrogens is 2. The zero-order chi connectivity index (χ0) is 19.2. The number of carbonyl (C=O) groups excluding carboxylic acids is 1. The predicted molar refractivity (Wildman–Crippen MR) is 105 cm³/mol. The third-order valence-corrected chi connectivity index (χ3v) is 4.19. The highest BCUT2D eigenvalue weighted by Crippen LogP contribution is 2.26. The van der Waals surface area contributed by atoms with E-state index in [1.807, 2.05) is 63.2 Å². The van der Waals surface area contributed by atoms with E-state index in [1.165, 1.54) is 0 Å². The Bertz CT molecular complexity index is 871. The first kappa shape index (κ1) is 18.8. The fourth-order valence-electron chi connectivity index (χ4n) is 2.87. The molecule has 1 amide bonds. The van der Waals surface area contributed by atoms with Crippen molar-refractivity contribution < 1.29 is 14.3 Å². The molecule has 0 aliphatic heterocycles. The number of nitrogens with one attached hydrogen (secondary N) is 2. The zero-order valence-corrected chi connectivity index (χ0v) is 15.9. The second-order valence-electron chi connectivity index (χ2n) is 6.60. The highest BCUT2D eigenvalue weighted by Gasteiger charge is 2.22. The van der Waals surface area contributed by atoms with Crippen LogP contribution in [0, 0.1) is 5.92 Å². The van der Waals surface area contributed by atoms with Crippen molar-refractivity contribution in [2.75, 3.05) is 13.2 Å². The molecule has 2 aromatic carbocycles. The lowest BCUT2D eigenvalue weighted by atomic mass is 10.0. The van der Waals surface area contributed by atoms with Crippen molar-refractivity contribution in [3.8, 4) is 11.5 Å². The normalized spacial score (nSPS) is 12.1. The molecule has 6 nitrogen and oxygen atoms in total. The molecule has 0 bridgehead atoms. The van der Waals surface area contributed by atoms with Crippen molar-refractivity contribution in [2.45, 2.75) is 26.8 Å². The summed E-state index contributed by atoms with van der Waals surface area (Å²) in [4.78, 5) is 20.4. The Hall–Kier alpha value is -3.02. The summed E-state index contributed by atoms with van der Waals surface area (Å²) in [6.07, 6.45) is 0. The van der Waals surface area contributed by atoms with E-state index < -0.39 is 0 Å². The number of carbonyl (C=O) groups is 1. The molecule has 0 aliphatic carbocycles. The van der Waals surface area contributed by atoms with Gasteiger partial charge in [-0.1, -0.05) is 38.1 Å². The van der Waals surface area contributed by atoms with Crippen LogP contribution < -0.4 is 14.8 Å². The van der Waals surface area contributed by atoms with Crippen LogP contribution in [0.5, 0.6) is 11.5 Å². The highest BCUT2D eigenvalue weighted by molar-refractivity contribution is 5.79. The van der Waals surface area contributed by atoms with Crippen molar-refractivity contribution in [1.82, 2.24) is 15.3 Å². The summed E-state index contributed by atoms with van der Waals surface area (Å²) in [7, 11) is 0. The molecule has 1 atom stereocenters. The molecule has 2 N–H and O–H groups in total. The molecule has 3 aromatic rings. The van der Waals surface area contributed by atoms with Crippen molar-refractivity contribution in [3.63, 3.8) is 0 Å². The van der Waals surface area contributed by atoms with Crippen molar-refractivity contribution in [3.05, 3.63) is 54.4 Å². The van der Waals surface area contributed by atoms with Gasteiger partial charge in [-0.15, -0.1) is 0 Å². The zero-order valence-electron chi connectivity index (χ0n) is 15.9. The van der Waals surface area contributed by atoms with Crippen LogP contribution in [0.15, 0.2) is 48.5 Å². The van der Waals surface area contributed by atoms with Crippen LogP contribution in [-0.2, 0) is 4.79 Å². The number of aromatic amines is 1. The van der Waals surface area contributed by atoms with E-state index in [1.54, 1.807) is 6.07 Å². The second-order valence-corrected chi connectivity index (χ2v) is 6.60. The Kier molecular flexibility index (Phi) is 5.96. The van der Waals surface area contributed by atoms with Gasteiger partial charge in [-0.2, -0.15) is 0 Å². The first-order valence-corrected chi connectivity index (χ1v) is 9.17. The van der Waals surface area contributed by atoms with E-state index in [0.29, 0.717) is 18.1 Å². The molecule has 0 unspecified atom stereocenters. The van der Waals surface area contributed by atoms with Gasteiger partial charge in [0.05, 0.1) is 23.7 Å². The SMILES string of the molecule is CCOc1ccccc1OCC(=O)N[C@H](c1nc2ccccc2[nH]1)C(C)C. The summed E-state index contributed by atoms with van der Waals surface area (Å²) in [5.41, 5.74) is 1.84. The molecule has 27 heavy (non-hydrogen) atoms. The molecule has 0 aliphatic rings. The smallest absolute Gasteiger partial charge is 0.258 e. The standard InChI is InChI=1S/C21H25N3O3/c1-4-26-17-11-7-8-12-18(17)27-13-19(25)24-20(14(2)3)21-22-15-9-5-6-10-16(15)23-21/h5-12,14,20H,4,13H2,1-3H3,(H,22,23)(H,24,25)/t20-/m0/s1. The number of para-hydroxylation sites is 4. The lowest BCUT2D eigenvalue weighted by molar-refractivity contribution is -0.124. The van der Waals surface area contributed by atoms with Gasteiger partial charge in [0.25, 0.3) is 5.91 Å². The van der Waals surface area contributed by atoms with Gasteiger partial charge in [0.1, 0.15) is 5.82 Å². The van der Waals surface area contributed by atoms with Crippen molar-refractivity contribution in [1.29, 1.82) is 0 Å². The summed E-state index contributed by atoms with van der Waals surface area (Å²) in [6, 6.07) is 14.9.